The van der Waals surface area contributed by atoms with Gasteiger partial charge in [0, 0.05) is 24.7 Å². The summed E-state index contributed by atoms with van der Waals surface area (Å²) in [7, 11) is 0. The van der Waals surface area contributed by atoms with Crippen molar-refractivity contribution in [3.8, 4) is 0 Å². The molecule has 0 heterocycles. The number of hydrogen-bond donors (Lipinski definition) is 0. The lowest BCUT2D eigenvalue weighted by molar-refractivity contribution is -0.141. The van der Waals surface area contributed by atoms with Crippen molar-refractivity contribution < 1.29 is 9.59 Å². The Labute approximate surface area is 133 Å². The molecule has 4 saturated carbocycles. The fourth-order valence-corrected chi connectivity index (χ4v) is 6.92. The Morgan fingerprint density at radius 3 is 2.64 bits per heavy atom. The molecule has 1 unspecified atom stereocenters. The Morgan fingerprint density at radius 2 is 1.86 bits per heavy atom. The van der Waals surface area contributed by atoms with Gasteiger partial charge in [-0.1, -0.05) is 13.0 Å². The predicted octanol–water partition coefficient (Wildman–Crippen LogP) is 4.33. The van der Waals surface area contributed by atoms with E-state index in [2.05, 4.69) is 13.5 Å². The van der Waals surface area contributed by atoms with Crippen LogP contribution in [0.2, 0.25) is 0 Å². The lowest BCUT2D eigenvalue weighted by Crippen LogP contribution is -2.53. The van der Waals surface area contributed by atoms with E-state index in [4.69, 9.17) is 0 Å². The molecule has 0 radical (unpaired) electrons. The molecule has 0 aromatic heterocycles. The van der Waals surface area contributed by atoms with E-state index < -0.39 is 0 Å². The summed E-state index contributed by atoms with van der Waals surface area (Å²) in [6, 6.07) is 0. The average Bonchev–Trinajstić information content (AvgIpc) is 2.86. The highest BCUT2D eigenvalue weighted by Gasteiger charge is 2.60. The first kappa shape index (κ1) is 14.7. The van der Waals surface area contributed by atoms with Crippen molar-refractivity contribution >= 4 is 11.6 Å². The molecule has 0 aromatic carbocycles. The highest BCUT2D eigenvalue weighted by atomic mass is 16.1. The molecule has 4 aliphatic carbocycles. The summed E-state index contributed by atoms with van der Waals surface area (Å²) in [5.41, 5.74) is 0.143. The van der Waals surface area contributed by atoms with E-state index in [0.717, 1.165) is 44.4 Å². The first-order chi connectivity index (χ1) is 10.5. The van der Waals surface area contributed by atoms with Crippen LogP contribution in [-0.2, 0) is 9.59 Å². The minimum absolute atomic E-state index is 0.200. The Morgan fingerprint density at radius 1 is 1.05 bits per heavy atom. The van der Waals surface area contributed by atoms with E-state index in [1.54, 1.807) is 0 Å². The molecule has 120 valence electrons. The summed E-state index contributed by atoms with van der Waals surface area (Å²) >= 11 is 0. The summed E-state index contributed by atoms with van der Waals surface area (Å²) in [5.74, 6) is 3.48. The molecule has 6 atom stereocenters. The lowest BCUT2D eigenvalue weighted by Gasteiger charge is -2.59. The van der Waals surface area contributed by atoms with Gasteiger partial charge in [0.25, 0.3) is 0 Å². The Hall–Kier alpha value is -0.920. The van der Waals surface area contributed by atoms with Gasteiger partial charge >= 0.3 is 0 Å². The second kappa shape index (κ2) is 4.79. The van der Waals surface area contributed by atoms with Crippen LogP contribution in [0.3, 0.4) is 0 Å². The van der Waals surface area contributed by atoms with Gasteiger partial charge in [-0.3, -0.25) is 9.59 Å². The third kappa shape index (κ3) is 1.73. The molecular formula is C20H28O2. The SMILES string of the molecule is C=C[C@]12CC[C@H]3[C@@H](CCC4CC(=O)CC[C@@]43C)[C@@H]1CCC2=O. The van der Waals surface area contributed by atoms with Crippen LogP contribution in [0, 0.1) is 34.5 Å². The van der Waals surface area contributed by atoms with Gasteiger partial charge in [0.1, 0.15) is 11.6 Å². The summed E-state index contributed by atoms with van der Waals surface area (Å²) in [6.45, 7) is 6.51. The Kier molecular flexibility index (Phi) is 3.19. The maximum atomic E-state index is 12.5. The van der Waals surface area contributed by atoms with Gasteiger partial charge in [0.05, 0.1) is 0 Å². The minimum Gasteiger partial charge on any atom is -0.300 e. The average molecular weight is 300 g/mol. The van der Waals surface area contributed by atoms with E-state index in [9.17, 15) is 9.59 Å². The summed E-state index contributed by atoms with van der Waals surface area (Å²) < 4.78 is 0. The zero-order valence-corrected chi connectivity index (χ0v) is 13.8. The summed E-state index contributed by atoms with van der Waals surface area (Å²) in [6.07, 6.45) is 11.1. The highest BCUT2D eigenvalue weighted by Crippen LogP contribution is 2.65. The first-order valence-electron chi connectivity index (χ1n) is 9.20. The first-order valence-corrected chi connectivity index (χ1v) is 9.20. The van der Waals surface area contributed by atoms with Gasteiger partial charge in [-0.25, -0.2) is 0 Å². The van der Waals surface area contributed by atoms with Crippen LogP contribution in [0.5, 0.6) is 0 Å². The van der Waals surface area contributed by atoms with Crippen LogP contribution in [0.15, 0.2) is 12.7 Å². The molecule has 4 rings (SSSR count). The Bertz CT molecular complexity index is 536. The Balaban J connectivity index is 1.67. The van der Waals surface area contributed by atoms with Crippen molar-refractivity contribution in [3.63, 3.8) is 0 Å². The topological polar surface area (TPSA) is 34.1 Å². The monoisotopic (exact) mass is 300 g/mol. The number of carbonyl (C=O) groups is 2. The normalized spacial score (nSPS) is 51.0. The van der Waals surface area contributed by atoms with E-state index in [1.165, 1.54) is 19.3 Å². The predicted molar refractivity (Wildman–Crippen MR) is 86.3 cm³/mol. The molecule has 4 fully saturated rings. The molecule has 4 aliphatic rings. The fourth-order valence-electron chi connectivity index (χ4n) is 6.92. The number of fused-ring (bicyclic) bond motifs is 5. The minimum atomic E-state index is -0.200. The van der Waals surface area contributed by atoms with E-state index in [0.29, 0.717) is 34.7 Å². The van der Waals surface area contributed by atoms with E-state index in [1.807, 2.05) is 6.08 Å². The zero-order valence-electron chi connectivity index (χ0n) is 13.8. The van der Waals surface area contributed by atoms with Gasteiger partial charge in [0.2, 0.25) is 0 Å². The third-order valence-electron chi connectivity index (χ3n) is 8.17. The van der Waals surface area contributed by atoms with Crippen molar-refractivity contribution in [1.29, 1.82) is 0 Å². The second-order valence-electron chi connectivity index (χ2n) is 8.64. The second-order valence-corrected chi connectivity index (χ2v) is 8.64. The molecule has 22 heavy (non-hydrogen) atoms. The van der Waals surface area contributed by atoms with Crippen LogP contribution in [0.4, 0.5) is 0 Å². The van der Waals surface area contributed by atoms with Gasteiger partial charge in [-0.05, 0) is 67.6 Å². The van der Waals surface area contributed by atoms with Gasteiger partial charge < -0.3 is 0 Å². The fraction of sp³-hybridized carbons (Fsp3) is 0.800. The number of rotatable bonds is 1. The van der Waals surface area contributed by atoms with Gasteiger partial charge in [-0.2, -0.15) is 0 Å². The molecule has 0 spiro atoms. The maximum absolute atomic E-state index is 12.5. The molecule has 0 amide bonds. The number of hydrogen-bond acceptors (Lipinski definition) is 2. The van der Waals surface area contributed by atoms with Gasteiger partial charge in [-0.15, -0.1) is 6.58 Å². The van der Waals surface area contributed by atoms with E-state index in [-0.39, 0.29) is 5.41 Å². The van der Waals surface area contributed by atoms with Crippen molar-refractivity contribution in [1.82, 2.24) is 0 Å². The lowest BCUT2D eigenvalue weighted by atomic mass is 9.45. The van der Waals surface area contributed by atoms with Gasteiger partial charge in [0.15, 0.2) is 0 Å². The van der Waals surface area contributed by atoms with Crippen LogP contribution in [0.25, 0.3) is 0 Å². The van der Waals surface area contributed by atoms with Crippen LogP contribution >= 0.6 is 0 Å². The number of carbonyl (C=O) groups excluding carboxylic acids is 2. The summed E-state index contributed by atoms with van der Waals surface area (Å²) in [5, 5.41) is 0. The van der Waals surface area contributed by atoms with Crippen molar-refractivity contribution in [2.24, 2.45) is 34.5 Å². The van der Waals surface area contributed by atoms with Crippen LogP contribution < -0.4 is 0 Å². The molecule has 0 bridgehead atoms. The number of ketones is 2. The molecule has 0 N–H and O–H groups in total. The quantitative estimate of drug-likeness (QED) is 0.675. The maximum Gasteiger partial charge on any atom is 0.143 e. The third-order valence-corrected chi connectivity index (χ3v) is 8.17. The standard InChI is InChI=1S/C20H28O2/c1-3-20-11-9-16-15(17(20)6-7-18(20)22)5-4-13-12-14(21)8-10-19(13,16)2/h3,13,15-17H,1,4-12H2,2H3/t13?,15-,16+,17+,19+,20+/m1/s1. The van der Waals surface area contributed by atoms with Crippen molar-refractivity contribution in [3.05, 3.63) is 12.7 Å². The number of allylic oxidation sites excluding steroid dienone is 1. The van der Waals surface area contributed by atoms with E-state index >= 15 is 0 Å². The molecule has 2 heteroatoms. The largest absolute Gasteiger partial charge is 0.300 e. The molecule has 0 aliphatic heterocycles. The highest BCUT2D eigenvalue weighted by molar-refractivity contribution is 5.89. The molecule has 0 saturated heterocycles. The molecule has 0 aromatic rings. The zero-order chi connectivity index (χ0) is 15.5. The number of Topliss-reactive ketones (excluding diaryl/α,β-unsaturated/α-hetero) is 2. The smallest absolute Gasteiger partial charge is 0.143 e. The van der Waals surface area contributed by atoms with Crippen molar-refractivity contribution in [2.45, 2.75) is 64.7 Å². The summed E-state index contributed by atoms with van der Waals surface area (Å²) in [4.78, 5) is 24.4. The molecule has 2 nitrogen and oxygen atoms in total. The molecular weight excluding hydrogens is 272 g/mol. The van der Waals surface area contributed by atoms with Crippen LogP contribution in [-0.4, -0.2) is 11.6 Å². The van der Waals surface area contributed by atoms with Crippen LogP contribution in [0.1, 0.15) is 64.7 Å². The van der Waals surface area contributed by atoms with Crippen molar-refractivity contribution in [2.75, 3.05) is 0 Å².